The van der Waals surface area contributed by atoms with Gasteiger partial charge in [-0.1, -0.05) is 31.5 Å². The average molecular weight is 354 g/mol. The van der Waals surface area contributed by atoms with Gasteiger partial charge in [-0.05, 0) is 42.3 Å². The van der Waals surface area contributed by atoms with Gasteiger partial charge >= 0.3 is 6.09 Å². The lowest BCUT2D eigenvalue weighted by Crippen LogP contribution is -2.49. The summed E-state index contributed by atoms with van der Waals surface area (Å²) in [6, 6.07) is 12.1. The van der Waals surface area contributed by atoms with Crippen molar-refractivity contribution in [1.82, 2.24) is 4.90 Å². The van der Waals surface area contributed by atoms with E-state index in [1.54, 1.807) is 11.8 Å². The maximum Gasteiger partial charge on any atom is 0.409 e. The van der Waals surface area contributed by atoms with Crippen molar-refractivity contribution in [2.45, 2.75) is 26.7 Å². The third-order valence-corrected chi connectivity index (χ3v) is 4.86. The first-order valence-electron chi connectivity index (χ1n) is 9.30. The molecule has 1 aliphatic heterocycles. The van der Waals surface area contributed by atoms with Crippen molar-refractivity contribution < 1.29 is 14.3 Å². The predicted octanol–water partition coefficient (Wildman–Crippen LogP) is 4.10. The second-order valence-electron chi connectivity index (χ2n) is 6.74. The van der Waals surface area contributed by atoms with Crippen molar-refractivity contribution >= 4 is 28.3 Å². The van der Waals surface area contributed by atoms with Gasteiger partial charge in [-0.2, -0.15) is 0 Å². The second-order valence-corrected chi connectivity index (χ2v) is 6.74. The number of nitrogens with zero attached hydrogens (tertiary/aromatic N) is 2. The zero-order valence-electron chi connectivity index (χ0n) is 15.5. The fraction of sp³-hybridized carbons (Fsp3) is 0.429. The van der Waals surface area contributed by atoms with Gasteiger partial charge in [0.15, 0.2) is 5.78 Å². The molecule has 0 unspecified atom stereocenters. The zero-order valence-corrected chi connectivity index (χ0v) is 15.5. The van der Waals surface area contributed by atoms with Crippen molar-refractivity contribution in [2.75, 3.05) is 37.7 Å². The molecule has 0 atom stereocenters. The number of anilines is 1. The smallest absolute Gasteiger partial charge is 0.409 e. The molecule has 2 aromatic rings. The molecule has 1 fully saturated rings. The summed E-state index contributed by atoms with van der Waals surface area (Å²) in [6.07, 6.45) is 1.74. The molecule has 26 heavy (non-hydrogen) atoms. The van der Waals surface area contributed by atoms with E-state index in [0.717, 1.165) is 48.0 Å². The Balaban J connectivity index is 1.63. The van der Waals surface area contributed by atoms with Crippen LogP contribution in [0.5, 0.6) is 0 Å². The molecule has 0 aromatic heterocycles. The van der Waals surface area contributed by atoms with Gasteiger partial charge in [0.25, 0.3) is 0 Å². The Morgan fingerprint density at radius 1 is 1.00 bits per heavy atom. The minimum Gasteiger partial charge on any atom is -0.449 e. The van der Waals surface area contributed by atoms with Gasteiger partial charge in [0.2, 0.25) is 0 Å². The Morgan fingerprint density at radius 2 is 1.69 bits per heavy atom. The Bertz CT molecular complexity index is 795. The number of hydrogen-bond donors (Lipinski definition) is 0. The van der Waals surface area contributed by atoms with Crippen LogP contribution in [0.4, 0.5) is 10.5 Å². The topological polar surface area (TPSA) is 49.9 Å². The lowest BCUT2D eigenvalue weighted by molar-refractivity contribution is 0.0987. The molecule has 0 radical (unpaired) electrons. The van der Waals surface area contributed by atoms with Crippen molar-refractivity contribution in [3.63, 3.8) is 0 Å². The highest BCUT2D eigenvalue weighted by Crippen LogP contribution is 2.24. The minimum absolute atomic E-state index is 0.0814. The summed E-state index contributed by atoms with van der Waals surface area (Å²) in [5.74, 6) is 0.0814. The highest BCUT2D eigenvalue weighted by Gasteiger charge is 2.22. The van der Waals surface area contributed by atoms with Crippen LogP contribution in [0.2, 0.25) is 0 Å². The zero-order chi connectivity index (χ0) is 18.5. The fourth-order valence-electron chi connectivity index (χ4n) is 3.19. The molecular formula is C21H26N2O3. The molecule has 138 valence electrons. The largest absolute Gasteiger partial charge is 0.449 e. The van der Waals surface area contributed by atoms with E-state index >= 15 is 0 Å². The number of Topliss-reactive ketones (excluding diaryl/α,β-unsaturated/α-hetero) is 1. The van der Waals surface area contributed by atoms with E-state index in [0.29, 0.717) is 19.7 Å². The van der Waals surface area contributed by atoms with Crippen LogP contribution in [0.25, 0.3) is 10.8 Å². The van der Waals surface area contributed by atoms with Crippen LogP contribution in [0.15, 0.2) is 36.4 Å². The summed E-state index contributed by atoms with van der Waals surface area (Å²) in [7, 11) is 0. The molecular weight excluding hydrogens is 328 g/mol. The average Bonchev–Trinajstić information content (AvgIpc) is 2.67. The molecule has 1 saturated heterocycles. The third kappa shape index (κ3) is 4.15. The Morgan fingerprint density at radius 3 is 2.38 bits per heavy atom. The van der Waals surface area contributed by atoms with Crippen molar-refractivity contribution in [3.8, 4) is 0 Å². The van der Waals surface area contributed by atoms with Crippen molar-refractivity contribution in [1.29, 1.82) is 0 Å². The number of benzene rings is 2. The first kappa shape index (κ1) is 18.2. The molecule has 5 heteroatoms. The summed E-state index contributed by atoms with van der Waals surface area (Å²) in [5.41, 5.74) is 1.88. The molecule has 3 rings (SSSR count). The molecule has 1 aliphatic rings. The van der Waals surface area contributed by atoms with Gasteiger partial charge in [0, 0.05) is 37.4 Å². The number of ether oxygens (including phenoxy) is 1. The van der Waals surface area contributed by atoms with Crippen molar-refractivity contribution in [3.05, 3.63) is 42.0 Å². The quantitative estimate of drug-likeness (QED) is 0.599. The fourth-order valence-corrected chi connectivity index (χ4v) is 3.19. The maximum atomic E-state index is 12.0. The van der Waals surface area contributed by atoms with E-state index in [1.807, 2.05) is 18.2 Å². The molecule has 1 amide bonds. The van der Waals surface area contributed by atoms with Crippen LogP contribution in [0, 0.1) is 0 Å². The van der Waals surface area contributed by atoms with Gasteiger partial charge in [-0.15, -0.1) is 0 Å². The summed E-state index contributed by atoms with van der Waals surface area (Å²) in [5, 5.41) is 2.19. The van der Waals surface area contributed by atoms with E-state index in [2.05, 4.69) is 30.0 Å². The summed E-state index contributed by atoms with van der Waals surface area (Å²) < 4.78 is 5.29. The minimum atomic E-state index is -0.201. The van der Waals surface area contributed by atoms with Gasteiger partial charge in [0.1, 0.15) is 0 Å². The Labute approximate surface area is 154 Å². The first-order valence-corrected chi connectivity index (χ1v) is 9.30. The normalized spacial score (nSPS) is 14.5. The van der Waals surface area contributed by atoms with E-state index in [-0.39, 0.29) is 11.9 Å². The van der Waals surface area contributed by atoms with Crippen LogP contribution >= 0.6 is 0 Å². The van der Waals surface area contributed by atoms with Gasteiger partial charge in [0.05, 0.1) is 6.61 Å². The number of rotatable bonds is 5. The monoisotopic (exact) mass is 354 g/mol. The van der Waals surface area contributed by atoms with Gasteiger partial charge in [-0.3, -0.25) is 4.79 Å². The number of unbranched alkanes of at least 4 members (excludes halogenated alkanes) is 1. The second kappa shape index (κ2) is 8.21. The van der Waals surface area contributed by atoms with Crippen LogP contribution in [0.3, 0.4) is 0 Å². The molecule has 5 nitrogen and oxygen atoms in total. The first-order chi connectivity index (χ1) is 12.6. The standard InChI is InChI=1S/C21H26N2O3/c1-3-4-13-26-21(25)23-11-9-22(10-12-23)20-8-7-18-14-17(16(2)24)5-6-19(18)15-20/h5-8,14-15H,3-4,9-13H2,1-2H3. The lowest BCUT2D eigenvalue weighted by atomic mass is 10.0. The summed E-state index contributed by atoms with van der Waals surface area (Å²) >= 11 is 0. The number of fused-ring (bicyclic) bond motifs is 1. The molecule has 0 saturated carbocycles. The predicted molar refractivity (Wildman–Crippen MR) is 104 cm³/mol. The molecule has 0 bridgehead atoms. The van der Waals surface area contributed by atoms with E-state index in [9.17, 15) is 9.59 Å². The molecule has 0 aliphatic carbocycles. The highest BCUT2D eigenvalue weighted by molar-refractivity contribution is 5.99. The molecule has 2 aromatic carbocycles. The molecule has 1 heterocycles. The number of carbonyl (C=O) groups excluding carboxylic acids is 2. The molecule has 0 N–H and O–H groups in total. The third-order valence-electron chi connectivity index (χ3n) is 4.86. The van der Waals surface area contributed by atoms with Crippen molar-refractivity contribution in [2.24, 2.45) is 0 Å². The Hall–Kier alpha value is -2.56. The Kier molecular flexibility index (Phi) is 5.76. The van der Waals surface area contributed by atoms with Crippen LogP contribution in [-0.4, -0.2) is 49.6 Å². The molecule has 0 spiro atoms. The highest BCUT2D eigenvalue weighted by atomic mass is 16.6. The number of hydrogen-bond acceptors (Lipinski definition) is 4. The van der Waals surface area contributed by atoms with Gasteiger partial charge < -0.3 is 14.5 Å². The number of piperazine rings is 1. The van der Waals surface area contributed by atoms with E-state index in [4.69, 9.17) is 4.74 Å². The van der Waals surface area contributed by atoms with E-state index in [1.165, 1.54) is 0 Å². The lowest BCUT2D eigenvalue weighted by Gasteiger charge is -2.35. The van der Waals surface area contributed by atoms with Crippen LogP contribution < -0.4 is 4.90 Å². The SMILES string of the molecule is CCCCOC(=O)N1CCN(c2ccc3cc(C(C)=O)ccc3c2)CC1. The van der Waals surface area contributed by atoms with Crippen LogP contribution in [0.1, 0.15) is 37.0 Å². The number of carbonyl (C=O) groups is 2. The summed E-state index contributed by atoms with van der Waals surface area (Å²) in [6.45, 7) is 7.10. The van der Waals surface area contributed by atoms with Crippen LogP contribution in [-0.2, 0) is 4.74 Å². The number of ketones is 1. The number of amides is 1. The van der Waals surface area contributed by atoms with E-state index < -0.39 is 0 Å². The summed E-state index contributed by atoms with van der Waals surface area (Å²) in [4.78, 5) is 27.6. The van der Waals surface area contributed by atoms with Gasteiger partial charge in [-0.25, -0.2) is 4.79 Å². The maximum absolute atomic E-state index is 12.0.